The zero-order chi connectivity index (χ0) is 10.3. The first-order valence-corrected chi connectivity index (χ1v) is 3.95. The molecule has 4 N–H and O–H groups in total. The summed E-state index contributed by atoms with van der Waals surface area (Å²) in [5, 5.41) is 37.8. The number of aromatic hydroxyl groups is 4. The molecule has 0 saturated heterocycles. The fraction of sp³-hybridized carbons (Fsp3) is 0. The Kier molecular flexibility index (Phi) is 1.64. The van der Waals surface area contributed by atoms with Crippen molar-refractivity contribution < 1.29 is 20.4 Å². The van der Waals surface area contributed by atoms with Gasteiger partial charge in [-0.15, -0.1) is 0 Å². The van der Waals surface area contributed by atoms with Crippen molar-refractivity contribution in [2.75, 3.05) is 0 Å². The number of rotatable bonds is 0. The summed E-state index contributed by atoms with van der Waals surface area (Å²) < 4.78 is 0. The van der Waals surface area contributed by atoms with Crippen LogP contribution in [0.1, 0.15) is 0 Å². The molecule has 2 aromatic carbocycles. The Morgan fingerprint density at radius 2 is 0.929 bits per heavy atom. The predicted molar refractivity (Wildman–Crippen MR) is 50.6 cm³/mol. The lowest BCUT2D eigenvalue weighted by Gasteiger charge is -2.05. The molecule has 0 aliphatic heterocycles. The van der Waals surface area contributed by atoms with Crippen molar-refractivity contribution in [2.45, 2.75) is 0 Å². The van der Waals surface area contributed by atoms with Crippen LogP contribution in [-0.2, 0) is 0 Å². The second-order valence-electron chi connectivity index (χ2n) is 3.02. The van der Waals surface area contributed by atoms with Crippen LogP contribution in [0, 0.1) is 0 Å². The first-order chi connectivity index (χ1) is 6.58. The summed E-state index contributed by atoms with van der Waals surface area (Å²) in [7, 11) is 0. The van der Waals surface area contributed by atoms with Gasteiger partial charge in [-0.1, -0.05) is 0 Å². The lowest BCUT2D eigenvalue weighted by Crippen LogP contribution is -1.76. The normalized spacial score (nSPS) is 10.6. The third-order valence-corrected chi connectivity index (χ3v) is 2.00. The first-order valence-electron chi connectivity index (χ1n) is 3.95. The highest BCUT2D eigenvalue weighted by atomic mass is 16.3. The van der Waals surface area contributed by atoms with Crippen LogP contribution in [0.5, 0.6) is 23.0 Å². The quantitative estimate of drug-likeness (QED) is 0.511. The fourth-order valence-electron chi connectivity index (χ4n) is 1.39. The van der Waals surface area contributed by atoms with E-state index in [1.54, 1.807) is 0 Å². The van der Waals surface area contributed by atoms with Crippen molar-refractivity contribution in [1.82, 2.24) is 0 Å². The molecule has 0 spiro atoms. The van der Waals surface area contributed by atoms with Gasteiger partial charge in [0.05, 0.1) is 0 Å². The summed E-state index contributed by atoms with van der Waals surface area (Å²) in [4.78, 5) is 0. The Bertz CT molecular complexity index is 458. The van der Waals surface area contributed by atoms with Gasteiger partial charge in [-0.25, -0.2) is 0 Å². The number of benzene rings is 2. The molecule has 0 aromatic heterocycles. The van der Waals surface area contributed by atoms with Gasteiger partial charge in [0, 0.05) is 22.9 Å². The molecule has 0 amide bonds. The molecule has 0 bridgehead atoms. The number of hydrogen-bond donors (Lipinski definition) is 4. The summed E-state index contributed by atoms with van der Waals surface area (Å²) in [6, 6.07) is 4.90. The molecule has 0 atom stereocenters. The topological polar surface area (TPSA) is 80.9 Å². The summed E-state index contributed by atoms with van der Waals surface area (Å²) in [6.45, 7) is 0. The highest BCUT2D eigenvalue weighted by Crippen LogP contribution is 2.37. The molecule has 72 valence electrons. The molecule has 0 aliphatic rings. The van der Waals surface area contributed by atoms with E-state index in [2.05, 4.69) is 0 Å². The van der Waals surface area contributed by atoms with E-state index in [1.165, 1.54) is 12.1 Å². The van der Waals surface area contributed by atoms with Crippen LogP contribution in [-0.4, -0.2) is 20.4 Å². The van der Waals surface area contributed by atoms with Crippen molar-refractivity contribution >= 4 is 10.8 Å². The highest BCUT2D eigenvalue weighted by molar-refractivity contribution is 5.95. The Hall–Kier alpha value is -2.10. The van der Waals surface area contributed by atoms with Gasteiger partial charge >= 0.3 is 0 Å². The monoisotopic (exact) mass is 192 g/mol. The smallest absolute Gasteiger partial charge is 0.127 e. The first kappa shape index (κ1) is 8.50. The molecule has 0 saturated carbocycles. The van der Waals surface area contributed by atoms with Crippen LogP contribution in [0.25, 0.3) is 10.8 Å². The van der Waals surface area contributed by atoms with Gasteiger partial charge in [-0.05, 0) is 12.1 Å². The van der Waals surface area contributed by atoms with Gasteiger partial charge < -0.3 is 20.4 Å². The van der Waals surface area contributed by atoms with Crippen LogP contribution in [0.4, 0.5) is 0 Å². The van der Waals surface area contributed by atoms with E-state index in [0.29, 0.717) is 10.8 Å². The zero-order valence-corrected chi connectivity index (χ0v) is 7.10. The summed E-state index contributed by atoms with van der Waals surface area (Å²) in [5.41, 5.74) is 0. The zero-order valence-electron chi connectivity index (χ0n) is 7.10. The van der Waals surface area contributed by atoms with E-state index < -0.39 is 0 Å². The van der Waals surface area contributed by atoms with Crippen LogP contribution in [0.2, 0.25) is 0 Å². The van der Waals surface area contributed by atoms with Gasteiger partial charge in [0.15, 0.2) is 0 Å². The minimum Gasteiger partial charge on any atom is -0.508 e. The molecule has 0 unspecified atom stereocenters. The van der Waals surface area contributed by atoms with Crippen LogP contribution in [0.3, 0.4) is 0 Å². The maximum Gasteiger partial charge on any atom is 0.127 e. The van der Waals surface area contributed by atoms with E-state index >= 15 is 0 Å². The van der Waals surface area contributed by atoms with Crippen molar-refractivity contribution in [2.24, 2.45) is 0 Å². The van der Waals surface area contributed by atoms with Gasteiger partial charge in [0.25, 0.3) is 0 Å². The molecule has 14 heavy (non-hydrogen) atoms. The van der Waals surface area contributed by atoms with E-state index in [4.69, 9.17) is 0 Å². The number of fused-ring (bicyclic) bond motifs is 1. The van der Waals surface area contributed by atoms with Crippen LogP contribution >= 0.6 is 0 Å². The van der Waals surface area contributed by atoms with E-state index in [9.17, 15) is 20.4 Å². The molecular formula is C10H8O4. The lowest BCUT2D eigenvalue weighted by atomic mass is 10.1. The Morgan fingerprint density at radius 1 is 0.571 bits per heavy atom. The lowest BCUT2D eigenvalue weighted by molar-refractivity contribution is 0.445. The summed E-state index contributed by atoms with van der Waals surface area (Å²) >= 11 is 0. The van der Waals surface area contributed by atoms with Crippen molar-refractivity contribution in [3.63, 3.8) is 0 Å². The van der Waals surface area contributed by atoms with Crippen molar-refractivity contribution in [1.29, 1.82) is 0 Å². The third kappa shape index (κ3) is 1.17. The molecule has 4 heteroatoms. The largest absolute Gasteiger partial charge is 0.508 e. The number of phenols is 4. The van der Waals surface area contributed by atoms with Gasteiger partial charge in [0.1, 0.15) is 23.0 Å². The van der Waals surface area contributed by atoms with E-state index in [0.717, 1.165) is 12.1 Å². The maximum atomic E-state index is 9.42. The van der Waals surface area contributed by atoms with Gasteiger partial charge in [-0.2, -0.15) is 0 Å². The summed E-state index contributed by atoms with van der Waals surface area (Å²) in [6.07, 6.45) is 0. The molecule has 4 nitrogen and oxygen atoms in total. The standard InChI is InChI=1S/C10H8O4/c11-5-1-7-8(10(14)3-5)2-6(12)4-9(7)13/h1-4,11-14H. The van der Waals surface area contributed by atoms with Gasteiger partial charge in [-0.3, -0.25) is 0 Å². The SMILES string of the molecule is Oc1cc(O)c2cc(O)cc(O)c2c1. The Morgan fingerprint density at radius 3 is 1.29 bits per heavy atom. The fourth-order valence-corrected chi connectivity index (χ4v) is 1.39. The number of hydrogen-bond acceptors (Lipinski definition) is 4. The van der Waals surface area contributed by atoms with E-state index in [-0.39, 0.29) is 23.0 Å². The van der Waals surface area contributed by atoms with Crippen molar-refractivity contribution in [3.8, 4) is 23.0 Å². The molecule has 0 aliphatic carbocycles. The molecule has 0 fully saturated rings. The third-order valence-electron chi connectivity index (χ3n) is 2.00. The second-order valence-corrected chi connectivity index (χ2v) is 3.02. The van der Waals surface area contributed by atoms with Crippen LogP contribution < -0.4 is 0 Å². The second kappa shape index (κ2) is 2.70. The van der Waals surface area contributed by atoms with Crippen LogP contribution in [0.15, 0.2) is 24.3 Å². The van der Waals surface area contributed by atoms with Crippen molar-refractivity contribution in [3.05, 3.63) is 24.3 Å². The maximum absolute atomic E-state index is 9.42. The van der Waals surface area contributed by atoms with E-state index in [1.807, 2.05) is 0 Å². The predicted octanol–water partition coefficient (Wildman–Crippen LogP) is 1.66. The summed E-state index contributed by atoms with van der Waals surface area (Å²) in [5.74, 6) is -0.663. The highest BCUT2D eigenvalue weighted by Gasteiger charge is 2.07. The average molecular weight is 192 g/mol. The molecular weight excluding hydrogens is 184 g/mol. The van der Waals surface area contributed by atoms with Gasteiger partial charge in [0.2, 0.25) is 0 Å². The number of phenolic OH excluding ortho intramolecular Hbond substituents is 4. The molecule has 2 aromatic rings. The molecule has 2 rings (SSSR count). The minimum absolute atomic E-state index is 0.143. The Labute approximate surface area is 79.3 Å². The molecule has 0 heterocycles. The Balaban J connectivity index is 2.94. The molecule has 0 radical (unpaired) electrons. The minimum atomic E-state index is -0.189. The average Bonchev–Trinajstić information content (AvgIpc) is 2.07.